The summed E-state index contributed by atoms with van der Waals surface area (Å²) in [5.41, 5.74) is 0.291. The van der Waals surface area contributed by atoms with Crippen molar-refractivity contribution in [1.29, 1.82) is 0 Å². The molecule has 1 aliphatic heterocycles. The van der Waals surface area contributed by atoms with E-state index in [1.165, 1.54) is 4.90 Å². The van der Waals surface area contributed by atoms with E-state index in [1.54, 1.807) is 12.1 Å². The lowest BCUT2D eigenvalue weighted by molar-refractivity contribution is -0.134. The smallest absolute Gasteiger partial charge is 0.323 e. The van der Waals surface area contributed by atoms with Gasteiger partial charge < -0.3 is 5.32 Å². The molecule has 1 aromatic rings. The summed E-state index contributed by atoms with van der Waals surface area (Å²) in [4.78, 5) is 28.5. The number of rotatable bonds is 4. The minimum atomic E-state index is -0.686. The molecule has 1 aliphatic carbocycles. The molecule has 2 aliphatic rings. The molecular weight excluding hydrogens is 361 g/mol. The van der Waals surface area contributed by atoms with E-state index in [0.29, 0.717) is 22.5 Å². The van der Waals surface area contributed by atoms with Crippen molar-refractivity contribution in [2.75, 3.05) is 13.7 Å². The second-order valence-electron chi connectivity index (χ2n) is 7.33. The normalized spacial score (nSPS) is 26.6. The average molecular weight is 384 g/mol. The quantitative estimate of drug-likeness (QED) is 0.802. The van der Waals surface area contributed by atoms with Crippen molar-refractivity contribution in [3.8, 4) is 0 Å². The maximum Gasteiger partial charge on any atom is 0.326 e. The summed E-state index contributed by atoms with van der Waals surface area (Å²) in [5, 5.41) is 3.96. The third-order valence-electron chi connectivity index (χ3n) is 5.19. The van der Waals surface area contributed by atoms with Gasteiger partial charge in [0.15, 0.2) is 0 Å². The average Bonchev–Trinajstić information content (AvgIpc) is 2.78. The number of carbonyl (C=O) groups is 2. The van der Waals surface area contributed by atoms with Crippen LogP contribution >= 0.6 is 23.2 Å². The van der Waals surface area contributed by atoms with E-state index >= 15 is 0 Å². The van der Waals surface area contributed by atoms with Crippen LogP contribution in [0.15, 0.2) is 18.2 Å². The Kier molecular flexibility index (Phi) is 5.28. The Balaban J connectivity index is 1.64. The monoisotopic (exact) mass is 383 g/mol. The molecular formula is C18H23Cl2N3O2. The fraction of sp³-hybridized carbons (Fsp3) is 0.556. The van der Waals surface area contributed by atoms with Gasteiger partial charge in [-0.2, -0.15) is 0 Å². The van der Waals surface area contributed by atoms with Crippen molar-refractivity contribution in [2.24, 2.45) is 5.92 Å². The van der Waals surface area contributed by atoms with Gasteiger partial charge in [0.2, 0.25) is 0 Å². The molecule has 7 heteroatoms. The minimum Gasteiger partial charge on any atom is -0.323 e. The van der Waals surface area contributed by atoms with E-state index in [4.69, 9.17) is 23.2 Å². The van der Waals surface area contributed by atoms with Crippen molar-refractivity contribution in [2.45, 2.75) is 44.7 Å². The van der Waals surface area contributed by atoms with Gasteiger partial charge in [-0.1, -0.05) is 36.2 Å². The molecule has 0 aromatic heterocycles. The van der Waals surface area contributed by atoms with Gasteiger partial charge in [0, 0.05) is 6.54 Å². The topological polar surface area (TPSA) is 52.7 Å². The Morgan fingerprint density at radius 3 is 2.56 bits per heavy atom. The lowest BCUT2D eigenvalue weighted by Gasteiger charge is -2.33. The van der Waals surface area contributed by atoms with Crippen LogP contribution in [0.4, 0.5) is 4.79 Å². The SMILES string of the molecule is CC1CCC2(CC1)NC(=O)N(CN(C)Cc1ccc(Cl)c(Cl)c1)C2=O. The molecule has 0 bridgehead atoms. The highest BCUT2D eigenvalue weighted by Crippen LogP contribution is 2.36. The zero-order valence-corrected chi connectivity index (χ0v) is 16.0. The molecule has 0 atom stereocenters. The summed E-state index contributed by atoms with van der Waals surface area (Å²) in [6, 6.07) is 5.15. The number of hydrogen-bond acceptors (Lipinski definition) is 3. The molecule has 1 heterocycles. The molecule has 1 N–H and O–H groups in total. The van der Waals surface area contributed by atoms with Crippen LogP contribution in [-0.4, -0.2) is 41.0 Å². The van der Waals surface area contributed by atoms with E-state index in [0.717, 1.165) is 31.2 Å². The molecule has 136 valence electrons. The number of carbonyl (C=O) groups excluding carboxylic acids is 2. The maximum atomic E-state index is 12.9. The number of nitrogens with zero attached hydrogens (tertiary/aromatic N) is 2. The van der Waals surface area contributed by atoms with Gasteiger partial charge in [-0.05, 0) is 56.3 Å². The van der Waals surface area contributed by atoms with E-state index in [1.807, 2.05) is 18.0 Å². The number of benzene rings is 1. The first-order chi connectivity index (χ1) is 11.8. The molecule has 2 fully saturated rings. The van der Waals surface area contributed by atoms with Crippen LogP contribution in [0.25, 0.3) is 0 Å². The zero-order valence-electron chi connectivity index (χ0n) is 14.5. The molecule has 1 saturated carbocycles. The van der Waals surface area contributed by atoms with Crippen LogP contribution in [0.5, 0.6) is 0 Å². The Bertz CT molecular complexity index is 687. The summed E-state index contributed by atoms with van der Waals surface area (Å²) in [5.74, 6) is 0.520. The molecule has 25 heavy (non-hydrogen) atoms. The fourth-order valence-electron chi connectivity index (χ4n) is 3.64. The summed E-state index contributed by atoms with van der Waals surface area (Å²) in [6.45, 7) is 3.01. The molecule has 1 saturated heterocycles. The van der Waals surface area contributed by atoms with Crippen molar-refractivity contribution in [3.05, 3.63) is 33.8 Å². The van der Waals surface area contributed by atoms with Crippen molar-refractivity contribution in [3.63, 3.8) is 0 Å². The Morgan fingerprint density at radius 2 is 1.92 bits per heavy atom. The van der Waals surface area contributed by atoms with Gasteiger partial charge >= 0.3 is 6.03 Å². The lowest BCUT2D eigenvalue weighted by atomic mass is 9.77. The maximum absolute atomic E-state index is 12.9. The van der Waals surface area contributed by atoms with Crippen LogP contribution in [0.1, 0.15) is 38.2 Å². The van der Waals surface area contributed by atoms with Crippen LogP contribution in [-0.2, 0) is 11.3 Å². The first-order valence-corrected chi connectivity index (χ1v) is 9.33. The molecule has 0 radical (unpaired) electrons. The highest BCUT2D eigenvalue weighted by atomic mass is 35.5. The summed E-state index contributed by atoms with van der Waals surface area (Å²) in [7, 11) is 1.87. The number of imide groups is 1. The van der Waals surface area contributed by atoms with E-state index in [-0.39, 0.29) is 18.6 Å². The third-order valence-corrected chi connectivity index (χ3v) is 5.93. The summed E-state index contributed by atoms with van der Waals surface area (Å²) < 4.78 is 0. The number of halogens is 2. The zero-order chi connectivity index (χ0) is 18.2. The van der Waals surface area contributed by atoms with Gasteiger partial charge in [-0.15, -0.1) is 0 Å². The van der Waals surface area contributed by atoms with Gasteiger partial charge in [0.05, 0.1) is 16.7 Å². The second-order valence-corrected chi connectivity index (χ2v) is 8.15. The predicted molar refractivity (Wildman–Crippen MR) is 98.5 cm³/mol. The summed E-state index contributed by atoms with van der Waals surface area (Å²) >= 11 is 12.0. The lowest BCUT2D eigenvalue weighted by Crippen LogP contribution is -2.49. The fourth-order valence-corrected chi connectivity index (χ4v) is 3.96. The van der Waals surface area contributed by atoms with Crippen molar-refractivity contribution in [1.82, 2.24) is 15.1 Å². The predicted octanol–water partition coefficient (Wildman–Crippen LogP) is 3.88. The van der Waals surface area contributed by atoms with E-state index < -0.39 is 5.54 Å². The van der Waals surface area contributed by atoms with Crippen LogP contribution < -0.4 is 5.32 Å². The van der Waals surface area contributed by atoms with Crippen LogP contribution in [0, 0.1) is 5.92 Å². The van der Waals surface area contributed by atoms with Crippen LogP contribution in [0.2, 0.25) is 10.0 Å². The Morgan fingerprint density at radius 1 is 1.24 bits per heavy atom. The van der Waals surface area contributed by atoms with E-state index in [2.05, 4.69) is 12.2 Å². The molecule has 3 amide bonds. The van der Waals surface area contributed by atoms with Gasteiger partial charge in [-0.25, -0.2) is 9.69 Å². The van der Waals surface area contributed by atoms with Crippen molar-refractivity contribution < 1.29 is 9.59 Å². The highest BCUT2D eigenvalue weighted by Gasteiger charge is 2.52. The Hall–Kier alpha value is -1.30. The number of urea groups is 1. The third kappa shape index (κ3) is 3.78. The molecule has 0 unspecified atom stereocenters. The Labute approximate surface area is 158 Å². The number of nitrogens with one attached hydrogen (secondary N) is 1. The number of amides is 3. The largest absolute Gasteiger partial charge is 0.326 e. The van der Waals surface area contributed by atoms with Crippen LogP contribution in [0.3, 0.4) is 0 Å². The molecule has 5 nitrogen and oxygen atoms in total. The number of hydrogen-bond donors (Lipinski definition) is 1. The first-order valence-electron chi connectivity index (χ1n) is 8.57. The molecule has 3 rings (SSSR count). The van der Waals surface area contributed by atoms with Gasteiger partial charge in [-0.3, -0.25) is 9.69 Å². The summed E-state index contributed by atoms with van der Waals surface area (Å²) in [6.07, 6.45) is 3.40. The first kappa shape index (κ1) is 18.5. The van der Waals surface area contributed by atoms with Crippen molar-refractivity contribution >= 4 is 35.1 Å². The van der Waals surface area contributed by atoms with Gasteiger partial charge in [0.25, 0.3) is 5.91 Å². The standard InChI is InChI=1S/C18H23Cl2N3O2/c1-12-5-7-18(8-6-12)16(24)23(17(25)21-18)11-22(2)10-13-3-4-14(19)15(20)9-13/h3-4,9,12H,5-8,10-11H2,1-2H3,(H,21,25). The minimum absolute atomic E-state index is 0.0922. The highest BCUT2D eigenvalue weighted by molar-refractivity contribution is 6.42. The second kappa shape index (κ2) is 7.14. The molecule has 1 aromatic carbocycles. The van der Waals surface area contributed by atoms with Gasteiger partial charge in [0.1, 0.15) is 5.54 Å². The molecule has 1 spiro atoms. The van der Waals surface area contributed by atoms with E-state index in [9.17, 15) is 9.59 Å².